The first-order chi connectivity index (χ1) is 17.7. The van der Waals surface area contributed by atoms with Crippen LogP contribution in [0.3, 0.4) is 0 Å². The summed E-state index contributed by atoms with van der Waals surface area (Å²) in [6.45, 7) is 2.45. The molecule has 0 bridgehead atoms. The van der Waals surface area contributed by atoms with Gasteiger partial charge in [-0.25, -0.2) is 9.78 Å². The smallest absolute Gasteiger partial charge is 0.381 e. The number of ether oxygens (including phenoxy) is 1. The van der Waals surface area contributed by atoms with Gasteiger partial charge in [-0.05, 0) is 60.7 Å². The highest BCUT2D eigenvalue weighted by Gasteiger charge is 2.45. The molecule has 2 aliphatic heterocycles. The number of benzene rings is 2. The lowest BCUT2D eigenvalue weighted by molar-refractivity contribution is -0.199. The van der Waals surface area contributed by atoms with E-state index in [1.807, 2.05) is 12.1 Å². The number of halogens is 3. The molecule has 3 heterocycles. The summed E-state index contributed by atoms with van der Waals surface area (Å²) in [6.07, 6.45) is -0.233. The Morgan fingerprint density at radius 1 is 1.16 bits per heavy atom. The van der Waals surface area contributed by atoms with Gasteiger partial charge in [0.25, 0.3) is 10.0 Å². The Morgan fingerprint density at radius 2 is 1.95 bits per heavy atom. The van der Waals surface area contributed by atoms with Gasteiger partial charge in [0, 0.05) is 36.9 Å². The highest BCUT2D eigenvalue weighted by molar-refractivity contribution is 7.92. The maximum Gasteiger partial charge on any atom is 0.493 e. The van der Waals surface area contributed by atoms with Crippen LogP contribution in [0, 0.1) is 0 Å². The van der Waals surface area contributed by atoms with Gasteiger partial charge < -0.3 is 9.57 Å². The second-order valence-corrected chi connectivity index (χ2v) is 11.5. The molecule has 2 aromatic carbocycles. The molecule has 0 spiro atoms. The first-order valence-electron chi connectivity index (χ1n) is 11.8. The van der Waals surface area contributed by atoms with Crippen LogP contribution in [0.25, 0.3) is 10.8 Å². The van der Waals surface area contributed by atoms with E-state index in [1.165, 1.54) is 23.7 Å². The van der Waals surface area contributed by atoms with Crippen LogP contribution in [-0.2, 0) is 24.4 Å². The van der Waals surface area contributed by atoms with Gasteiger partial charge in [0.1, 0.15) is 0 Å². The van der Waals surface area contributed by atoms with Gasteiger partial charge in [-0.1, -0.05) is 28.7 Å². The quantitative estimate of drug-likeness (QED) is 0.403. The third kappa shape index (κ3) is 5.17. The number of sulfonamides is 1. The summed E-state index contributed by atoms with van der Waals surface area (Å²) in [4.78, 5) is 21.7. The second kappa shape index (κ2) is 10.2. The van der Waals surface area contributed by atoms with Crippen LogP contribution in [0.1, 0.15) is 37.3 Å². The normalized spacial score (nSPS) is 19.8. The van der Waals surface area contributed by atoms with Crippen molar-refractivity contribution >= 4 is 43.2 Å². The van der Waals surface area contributed by atoms with Crippen molar-refractivity contribution in [3.05, 3.63) is 53.5 Å². The van der Waals surface area contributed by atoms with E-state index in [0.29, 0.717) is 11.4 Å². The maximum atomic E-state index is 13.4. The van der Waals surface area contributed by atoms with Crippen molar-refractivity contribution < 1.29 is 36.0 Å². The first kappa shape index (κ1) is 25.9. The summed E-state index contributed by atoms with van der Waals surface area (Å²) in [7, 11) is -4.72. The van der Waals surface area contributed by atoms with E-state index in [1.54, 1.807) is 12.1 Å². The highest BCUT2D eigenvalue weighted by atomic mass is 32.2. The number of hydrogen-bond donors (Lipinski definition) is 0. The number of likely N-dealkylation sites (tertiary alicyclic amines) is 1. The van der Waals surface area contributed by atoms with E-state index in [2.05, 4.69) is 14.7 Å². The molecule has 2 fully saturated rings. The molecular weight excluding hydrogens is 531 g/mol. The number of aromatic nitrogens is 1. The summed E-state index contributed by atoms with van der Waals surface area (Å²) in [5, 5.41) is 2.40. The molecule has 198 valence electrons. The minimum absolute atomic E-state index is 0.0671. The summed E-state index contributed by atoms with van der Waals surface area (Å²) < 4.78 is 70.8. The summed E-state index contributed by atoms with van der Waals surface area (Å²) >= 11 is 0.718. The molecule has 3 aromatic rings. The summed E-state index contributed by atoms with van der Waals surface area (Å²) in [5.41, 5.74) is 1.07. The number of carbonyl (C=O) groups excluding carboxylic acids is 1. The largest absolute Gasteiger partial charge is 0.493 e. The number of thiazole rings is 1. The Morgan fingerprint density at radius 3 is 2.65 bits per heavy atom. The zero-order valence-corrected chi connectivity index (χ0v) is 21.2. The lowest BCUT2D eigenvalue weighted by atomic mass is 9.95. The van der Waals surface area contributed by atoms with Crippen LogP contribution < -0.4 is 4.47 Å². The molecule has 1 unspecified atom stereocenters. The SMILES string of the molecule is O=C(ON(c1nccs1)S(=O)(=O)c1ccc2c(C3CCCN3C3CCOCC3)cccc2c1)C(F)(F)F. The first-order valence-corrected chi connectivity index (χ1v) is 14.1. The Labute approximate surface area is 215 Å². The lowest BCUT2D eigenvalue weighted by Crippen LogP contribution is -2.39. The predicted molar refractivity (Wildman–Crippen MR) is 130 cm³/mol. The minimum atomic E-state index is -5.39. The van der Waals surface area contributed by atoms with Gasteiger partial charge in [-0.3, -0.25) is 4.90 Å². The summed E-state index contributed by atoms with van der Waals surface area (Å²) in [5.74, 6) is -2.66. The second-order valence-electron chi connectivity index (χ2n) is 8.89. The molecule has 0 N–H and O–H groups in total. The van der Waals surface area contributed by atoms with Crippen LogP contribution in [-0.4, -0.2) is 56.2 Å². The summed E-state index contributed by atoms with van der Waals surface area (Å²) in [6, 6.07) is 10.6. The highest BCUT2D eigenvalue weighted by Crippen LogP contribution is 2.39. The molecule has 5 rings (SSSR count). The van der Waals surface area contributed by atoms with Crippen molar-refractivity contribution in [1.29, 1.82) is 0 Å². The zero-order chi connectivity index (χ0) is 26.2. The van der Waals surface area contributed by atoms with Gasteiger partial charge in [-0.2, -0.15) is 21.6 Å². The Balaban J connectivity index is 1.50. The van der Waals surface area contributed by atoms with Crippen molar-refractivity contribution in [2.45, 2.75) is 48.8 Å². The fourth-order valence-corrected chi connectivity index (χ4v) is 7.07. The third-order valence-corrected chi connectivity index (χ3v) is 9.08. The van der Waals surface area contributed by atoms with Crippen LogP contribution in [0.4, 0.5) is 18.3 Å². The molecule has 0 radical (unpaired) electrons. The topological polar surface area (TPSA) is 89.0 Å². The molecular formula is C24H24F3N3O5S2. The molecule has 13 heteroatoms. The molecule has 1 aromatic heterocycles. The fraction of sp³-hybridized carbons (Fsp3) is 0.417. The number of anilines is 1. The van der Waals surface area contributed by atoms with E-state index in [0.717, 1.165) is 67.7 Å². The van der Waals surface area contributed by atoms with Gasteiger partial charge in [0.05, 0.1) is 4.90 Å². The lowest BCUT2D eigenvalue weighted by Gasteiger charge is -2.36. The van der Waals surface area contributed by atoms with E-state index in [-0.39, 0.29) is 15.4 Å². The molecule has 1 atom stereocenters. The number of fused-ring (bicyclic) bond motifs is 1. The van der Waals surface area contributed by atoms with E-state index >= 15 is 0 Å². The van der Waals surface area contributed by atoms with Crippen molar-refractivity contribution in [3.63, 3.8) is 0 Å². The number of alkyl halides is 3. The zero-order valence-electron chi connectivity index (χ0n) is 19.6. The average molecular weight is 556 g/mol. The van der Waals surface area contributed by atoms with Crippen molar-refractivity contribution in [2.24, 2.45) is 0 Å². The van der Waals surface area contributed by atoms with Crippen LogP contribution in [0.15, 0.2) is 52.9 Å². The molecule has 8 nitrogen and oxygen atoms in total. The van der Waals surface area contributed by atoms with Crippen LogP contribution >= 0.6 is 11.3 Å². The van der Waals surface area contributed by atoms with Crippen molar-refractivity contribution in [2.75, 3.05) is 24.2 Å². The Hall–Kier alpha value is -2.74. The average Bonchev–Trinajstić information content (AvgIpc) is 3.59. The van der Waals surface area contributed by atoms with Gasteiger partial charge in [0.15, 0.2) is 0 Å². The Bertz CT molecular complexity index is 1380. The van der Waals surface area contributed by atoms with E-state index < -0.39 is 27.3 Å². The monoisotopic (exact) mass is 555 g/mol. The number of carbonyl (C=O) groups is 1. The van der Waals surface area contributed by atoms with Crippen LogP contribution in [0.5, 0.6) is 0 Å². The molecule has 2 aliphatic rings. The van der Waals surface area contributed by atoms with Gasteiger partial charge in [-0.15, -0.1) is 11.3 Å². The Kier molecular flexibility index (Phi) is 7.14. The number of rotatable bonds is 6. The minimum Gasteiger partial charge on any atom is -0.381 e. The number of nitrogens with zero attached hydrogens (tertiary/aromatic N) is 3. The molecule has 0 aliphatic carbocycles. The molecule has 0 saturated carbocycles. The van der Waals surface area contributed by atoms with Gasteiger partial charge in [0.2, 0.25) is 5.13 Å². The van der Waals surface area contributed by atoms with E-state index in [4.69, 9.17) is 4.74 Å². The third-order valence-electron chi connectivity index (χ3n) is 6.69. The van der Waals surface area contributed by atoms with Crippen molar-refractivity contribution in [1.82, 2.24) is 9.88 Å². The molecule has 2 saturated heterocycles. The number of hydrogen-bond acceptors (Lipinski definition) is 8. The van der Waals surface area contributed by atoms with E-state index in [9.17, 15) is 26.4 Å². The standard InChI is InChI=1S/C24H24F3N3O5S2/c25-24(26,27)22(31)35-30(23-28-10-14-36-23)37(32,33)18-6-7-19-16(15-18)3-1-4-20(19)21-5-2-11-29(21)17-8-12-34-13-9-17/h1,3-4,6-7,10,14-15,17,21H,2,5,8-9,11-13H2. The maximum absolute atomic E-state index is 13.4. The molecule has 37 heavy (non-hydrogen) atoms. The van der Waals surface area contributed by atoms with Gasteiger partial charge >= 0.3 is 12.1 Å². The van der Waals surface area contributed by atoms with Crippen molar-refractivity contribution in [3.8, 4) is 0 Å². The predicted octanol–water partition coefficient (Wildman–Crippen LogP) is 4.83. The van der Waals surface area contributed by atoms with Crippen LogP contribution in [0.2, 0.25) is 0 Å². The molecule has 0 amide bonds. The fourth-order valence-electron chi connectivity index (χ4n) is 5.03.